The maximum Gasteiger partial charge on any atom is 0.0662 e. The van der Waals surface area contributed by atoms with Crippen molar-refractivity contribution in [3.05, 3.63) is 0 Å². The summed E-state index contributed by atoms with van der Waals surface area (Å²) in [7, 11) is 1.67. The largest absolute Gasteiger partial charge is 0.396 e. The molecular formula is C8H20O4. The van der Waals surface area contributed by atoms with Crippen LogP contribution in [0.2, 0.25) is 0 Å². The van der Waals surface area contributed by atoms with Gasteiger partial charge in [-0.1, -0.05) is 6.92 Å². The molecule has 0 bridgehead atoms. The Kier molecular flexibility index (Phi) is 16.1. The Bertz CT molecular complexity index is 60.1. The second-order valence-corrected chi connectivity index (χ2v) is 2.52. The first-order valence-corrected chi connectivity index (χ1v) is 4.04. The van der Waals surface area contributed by atoms with Crippen LogP contribution in [-0.2, 0) is 4.74 Å². The van der Waals surface area contributed by atoms with E-state index >= 15 is 0 Å². The zero-order valence-corrected chi connectivity index (χ0v) is 7.86. The van der Waals surface area contributed by atoms with Crippen LogP contribution >= 0.6 is 0 Å². The summed E-state index contributed by atoms with van der Waals surface area (Å²) >= 11 is 0. The van der Waals surface area contributed by atoms with E-state index in [0.717, 1.165) is 13.0 Å². The minimum Gasteiger partial charge on any atom is -0.396 e. The lowest BCUT2D eigenvalue weighted by atomic mass is 10.1. The Labute approximate surface area is 73.8 Å². The molecule has 0 spiro atoms. The van der Waals surface area contributed by atoms with Crippen molar-refractivity contribution in [2.75, 3.05) is 33.5 Å². The third kappa shape index (κ3) is 16.4. The fraction of sp³-hybridized carbons (Fsp3) is 1.00. The van der Waals surface area contributed by atoms with Gasteiger partial charge in [-0.05, 0) is 12.3 Å². The van der Waals surface area contributed by atoms with Crippen molar-refractivity contribution in [3.63, 3.8) is 0 Å². The van der Waals surface area contributed by atoms with E-state index in [1.807, 2.05) is 0 Å². The van der Waals surface area contributed by atoms with Gasteiger partial charge in [0, 0.05) is 20.3 Å². The SMILES string of the molecule is COCC(C)CCO.OCCO. The van der Waals surface area contributed by atoms with Crippen LogP contribution in [0.25, 0.3) is 0 Å². The first-order valence-electron chi connectivity index (χ1n) is 4.04. The van der Waals surface area contributed by atoms with E-state index in [0.29, 0.717) is 5.92 Å². The van der Waals surface area contributed by atoms with E-state index in [1.54, 1.807) is 7.11 Å². The summed E-state index contributed by atoms with van der Waals surface area (Å²) in [5.41, 5.74) is 0. The molecule has 1 atom stereocenters. The van der Waals surface area contributed by atoms with Gasteiger partial charge >= 0.3 is 0 Å². The fourth-order valence-corrected chi connectivity index (χ4v) is 0.588. The molecule has 0 aliphatic rings. The minimum absolute atomic E-state index is 0.125. The third-order valence-corrected chi connectivity index (χ3v) is 1.17. The van der Waals surface area contributed by atoms with Crippen LogP contribution in [0.1, 0.15) is 13.3 Å². The van der Waals surface area contributed by atoms with Gasteiger partial charge in [-0.25, -0.2) is 0 Å². The van der Waals surface area contributed by atoms with Gasteiger partial charge in [0.25, 0.3) is 0 Å². The highest BCUT2D eigenvalue weighted by atomic mass is 16.5. The van der Waals surface area contributed by atoms with Crippen LogP contribution < -0.4 is 0 Å². The van der Waals surface area contributed by atoms with Gasteiger partial charge in [0.1, 0.15) is 0 Å². The topological polar surface area (TPSA) is 69.9 Å². The molecule has 3 N–H and O–H groups in total. The average molecular weight is 180 g/mol. The summed E-state index contributed by atoms with van der Waals surface area (Å²) in [4.78, 5) is 0. The van der Waals surface area contributed by atoms with E-state index in [4.69, 9.17) is 20.1 Å². The average Bonchev–Trinajstić information content (AvgIpc) is 2.06. The van der Waals surface area contributed by atoms with Gasteiger partial charge in [-0.3, -0.25) is 0 Å². The summed E-state index contributed by atoms with van der Waals surface area (Å²) in [6.07, 6.45) is 0.841. The lowest BCUT2D eigenvalue weighted by Gasteiger charge is -2.05. The van der Waals surface area contributed by atoms with Crippen molar-refractivity contribution in [2.24, 2.45) is 5.92 Å². The summed E-state index contributed by atoms with van der Waals surface area (Å²) in [6, 6.07) is 0. The lowest BCUT2D eigenvalue weighted by Crippen LogP contribution is -2.04. The minimum atomic E-state index is -0.125. The number of ether oxygens (including phenoxy) is 1. The van der Waals surface area contributed by atoms with Gasteiger partial charge < -0.3 is 20.1 Å². The zero-order valence-electron chi connectivity index (χ0n) is 7.86. The quantitative estimate of drug-likeness (QED) is 0.539. The number of aliphatic hydroxyl groups is 3. The Hall–Kier alpha value is -0.160. The molecule has 0 aromatic carbocycles. The van der Waals surface area contributed by atoms with E-state index < -0.39 is 0 Å². The highest BCUT2D eigenvalue weighted by Crippen LogP contribution is 1.98. The molecular weight excluding hydrogens is 160 g/mol. The molecule has 4 nitrogen and oxygen atoms in total. The summed E-state index contributed by atoms with van der Waals surface area (Å²) in [5.74, 6) is 0.491. The first-order chi connectivity index (χ1) is 5.72. The molecule has 0 rings (SSSR count). The predicted octanol–water partition coefficient (Wildman–Crippen LogP) is -0.378. The molecule has 0 fully saturated rings. The second-order valence-electron chi connectivity index (χ2n) is 2.52. The Morgan fingerprint density at radius 1 is 1.08 bits per heavy atom. The Morgan fingerprint density at radius 2 is 1.58 bits per heavy atom. The molecule has 76 valence electrons. The number of methoxy groups -OCH3 is 1. The Morgan fingerprint density at radius 3 is 1.83 bits per heavy atom. The molecule has 12 heavy (non-hydrogen) atoms. The van der Waals surface area contributed by atoms with Crippen LogP contribution in [0, 0.1) is 5.92 Å². The Balaban J connectivity index is 0. The van der Waals surface area contributed by atoms with Gasteiger partial charge in [0.05, 0.1) is 13.2 Å². The molecule has 0 saturated heterocycles. The van der Waals surface area contributed by atoms with Crippen molar-refractivity contribution in [3.8, 4) is 0 Å². The highest BCUT2D eigenvalue weighted by molar-refractivity contribution is 4.47. The maximum atomic E-state index is 8.41. The monoisotopic (exact) mass is 180 g/mol. The number of hydrogen-bond acceptors (Lipinski definition) is 4. The predicted molar refractivity (Wildman–Crippen MR) is 46.9 cm³/mol. The molecule has 0 aromatic heterocycles. The number of rotatable bonds is 5. The van der Waals surface area contributed by atoms with Crippen molar-refractivity contribution >= 4 is 0 Å². The van der Waals surface area contributed by atoms with E-state index in [1.165, 1.54) is 0 Å². The number of hydrogen-bond donors (Lipinski definition) is 3. The van der Waals surface area contributed by atoms with Crippen molar-refractivity contribution in [1.82, 2.24) is 0 Å². The van der Waals surface area contributed by atoms with Crippen LogP contribution in [0.4, 0.5) is 0 Å². The van der Waals surface area contributed by atoms with E-state index in [2.05, 4.69) is 6.92 Å². The lowest BCUT2D eigenvalue weighted by molar-refractivity contribution is 0.141. The smallest absolute Gasteiger partial charge is 0.0662 e. The molecule has 0 amide bonds. The molecule has 4 heteroatoms. The van der Waals surface area contributed by atoms with E-state index in [-0.39, 0.29) is 19.8 Å². The van der Waals surface area contributed by atoms with Crippen LogP contribution in [0.5, 0.6) is 0 Å². The third-order valence-electron chi connectivity index (χ3n) is 1.17. The number of aliphatic hydroxyl groups excluding tert-OH is 3. The molecule has 0 radical (unpaired) electrons. The molecule has 0 saturated carbocycles. The highest BCUT2D eigenvalue weighted by Gasteiger charge is 1.97. The van der Waals surface area contributed by atoms with Gasteiger partial charge in [0.15, 0.2) is 0 Å². The van der Waals surface area contributed by atoms with Crippen LogP contribution in [0.15, 0.2) is 0 Å². The maximum absolute atomic E-state index is 8.41. The van der Waals surface area contributed by atoms with Gasteiger partial charge in [0.2, 0.25) is 0 Å². The summed E-state index contributed by atoms with van der Waals surface area (Å²) in [5, 5.41) is 23.7. The molecule has 1 unspecified atom stereocenters. The van der Waals surface area contributed by atoms with Gasteiger partial charge in [-0.2, -0.15) is 0 Å². The molecule has 0 aromatic rings. The zero-order chi connectivity index (χ0) is 9.82. The van der Waals surface area contributed by atoms with Crippen LogP contribution in [-0.4, -0.2) is 48.9 Å². The normalized spacial score (nSPS) is 11.8. The van der Waals surface area contributed by atoms with Crippen molar-refractivity contribution < 1.29 is 20.1 Å². The standard InChI is InChI=1S/C6H14O2.C2H6O2/c1-6(3-4-7)5-8-2;3-1-2-4/h6-7H,3-5H2,1-2H3;3-4H,1-2H2. The van der Waals surface area contributed by atoms with E-state index in [9.17, 15) is 0 Å². The van der Waals surface area contributed by atoms with Gasteiger partial charge in [-0.15, -0.1) is 0 Å². The fourth-order valence-electron chi connectivity index (χ4n) is 0.588. The molecule has 0 aliphatic carbocycles. The summed E-state index contributed by atoms with van der Waals surface area (Å²) in [6.45, 7) is 2.82. The summed E-state index contributed by atoms with van der Waals surface area (Å²) < 4.78 is 4.85. The van der Waals surface area contributed by atoms with Crippen molar-refractivity contribution in [2.45, 2.75) is 13.3 Å². The molecule has 0 heterocycles. The van der Waals surface area contributed by atoms with Crippen LogP contribution in [0.3, 0.4) is 0 Å². The molecule has 0 aliphatic heterocycles. The van der Waals surface area contributed by atoms with Crippen molar-refractivity contribution in [1.29, 1.82) is 0 Å². The first kappa shape index (κ1) is 14.4. The second kappa shape index (κ2) is 13.4.